The molecule has 2 atom stereocenters. The van der Waals surface area contributed by atoms with Gasteiger partial charge in [-0.25, -0.2) is 4.79 Å². The van der Waals surface area contributed by atoms with E-state index in [1.807, 2.05) is 36.9 Å². The molecular weight excluding hydrogens is 426 g/mol. The lowest BCUT2D eigenvalue weighted by Crippen LogP contribution is -2.25. The summed E-state index contributed by atoms with van der Waals surface area (Å²) in [7, 11) is 0. The van der Waals surface area contributed by atoms with Gasteiger partial charge in [0.1, 0.15) is 0 Å². The zero-order chi connectivity index (χ0) is 24.0. The Kier molecular flexibility index (Phi) is 19.6. The molecule has 3 nitrogen and oxygen atoms in total. The average Bonchev–Trinajstić information content (AvgIpc) is 2.83. The molecule has 0 saturated heterocycles. The van der Waals surface area contributed by atoms with Gasteiger partial charge in [0, 0.05) is 0 Å². The number of rotatable bonds is 22. The summed E-state index contributed by atoms with van der Waals surface area (Å²) < 4.78 is 5.60. The molecule has 33 heavy (non-hydrogen) atoms. The Morgan fingerprint density at radius 1 is 0.848 bits per heavy atom. The highest BCUT2D eigenvalue weighted by Gasteiger charge is 2.16. The molecule has 1 rings (SSSR count). The molecule has 0 aliphatic carbocycles. The summed E-state index contributed by atoms with van der Waals surface area (Å²) in [6, 6.07) is 9.21. The molecule has 0 bridgehead atoms. The standard InChI is InChI=1S/C29H51NO2S/c1-3-4-5-6-7-8-9-10-11-12-13-14-15-19-22-33-25-27(24-30)23-26(2)32-29(31)28-20-17-16-18-21-28/h16-18,20-21,26-27H,3-15,19,22-25,30H2,1-2H3. The van der Waals surface area contributed by atoms with E-state index >= 15 is 0 Å². The van der Waals surface area contributed by atoms with E-state index in [4.69, 9.17) is 10.5 Å². The van der Waals surface area contributed by atoms with Crippen LogP contribution in [0.15, 0.2) is 30.3 Å². The minimum atomic E-state index is -0.242. The first-order valence-electron chi connectivity index (χ1n) is 13.7. The number of esters is 1. The summed E-state index contributed by atoms with van der Waals surface area (Å²) in [5.41, 5.74) is 6.59. The first kappa shape index (κ1) is 30.0. The Morgan fingerprint density at radius 3 is 1.88 bits per heavy atom. The van der Waals surface area contributed by atoms with E-state index in [1.165, 1.54) is 95.6 Å². The quantitative estimate of drug-likeness (QED) is 0.134. The Morgan fingerprint density at radius 2 is 1.36 bits per heavy atom. The highest BCUT2D eigenvalue weighted by Crippen LogP contribution is 2.18. The van der Waals surface area contributed by atoms with Crippen LogP contribution in [0.4, 0.5) is 0 Å². The molecule has 190 valence electrons. The largest absolute Gasteiger partial charge is 0.459 e. The van der Waals surface area contributed by atoms with Gasteiger partial charge in [-0.2, -0.15) is 11.8 Å². The maximum atomic E-state index is 12.2. The number of carbonyl (C=O) groups is 1. The van der Waals surface area contributed by atoms with Crippen LogP contribution in [-0.4, -0.2) is 30.1 Å². The van der Waals surface area contributed by atoms with Crippen LogP contribution in [0.3, 0.4) is 0 Å². The number of unbranched alkanes of at least 4 members (excludes halogenated alkanes) is 13. The van der Waals surface area contributed by atoms with Gasteiger partial charge in [0.15, 0.2) is 0 Å². The highest BCUT2D eigenvalue weighted by atomic mass is 32.2. The highest BCUT2D eigenvalue weighted by molar-refractivity contribution is 7.99. The lowest BCUT2D eigenvalue weighted by Gasteiger charge is -2.20. The molecule has 0 saturated carbocycles. The zero-order valence-electron chi connectivity index (χ0n) is 21.6. The van der Waals surface area contributed by atoms with E-state index in [-0.39, 0.29) is 12.1 Å². The Balaban J connectivity index is 1.92. The second kappa shape index (κ2) is 21.5. The number of benzene rings is 1. The lowest BCUT2D eigenvalue weighted by molar-refractivity contribution is 0.0298. The third-order valence-electron chi connectivity index (χ3n) is 6.31. The minimum absolute atomic E-state index is 0.104. The Bertz CT molecular complexity index is 566. The molecule has 0 aromatic heterocycles. The summed E-state index contributed by atoms with van der Waals surface area (Å²) in [4.78, 5) is 12.2. The van der Waals surface area contributed by atoms with Crippen molar-refractivity contribution in [1.82, 2.24) is 0 Å². The van der Waals surface area contributed by atoms with E-state index in [0.29, 0.717) is 18.0 Å². The van der Waals surface area contributed by atoms with Gasteiger partial charge in [-0.05, 0) is 55.9 Å². The van der Waals surface area contributed by atoms with Gasteiger partial charge >= 0.3 is 5.97 Å². The van der Waals surface area contributed by atoms with Crippen molar-refractivity contribution in [1.29, 1.82) is 0 Å². The number of hydrogen-bond acceptors (Lipinski definition) is 4. The van der Waals surface area contributed by atoms with Crippen molar-refractivity contribution in [3.63, 3.8) is 0 Å². The maximum absolute atomic E-state index is 12.2. The molecule has 4 heteroatoms. The summed E-state index contributed by atoms with van der Waals surface area (Å²) in [6.45, 7) is 4.91. The molecule has 0 aliphatic rings. The van der Waals surface area contributed by atoms with Crippen LogP contribution < -0.4 is 5.73 Å². The number of carbonyl (C=O) groups excluding carboxylic acids is 1. The summed E-state index contributed by atoms with van der Waals surface area (Å²) in [6.07, 6.45) is 20.4. The van der Waals surface area contributed by atoms with Crippen molar-refractivity contribution in [2.75, 3.05) is 18.1 Å². The van der Waals surface area contributed by atoms with Crippen molar-refractivity contribution < 1.29 is 9.53 Å². The molecule has 1 aromatic rings. The molecule has 2 unspecified atom stereocenters. The van der Waals surface area contributed by atoms with Gasteiger partial charge in [0.2, 0.25) is 0 Å². The number of nitrogens with two attached hydrogens (primary N) is 1. The Labute approximate surface area is 209 Å². The SMILES string of the molecule is CCCCCCCCCCCCCCCCSCC(CN)CC(C)OC(=O)c1ccccc1. The van der Waals surface area contributed by atoms with Gasteiger partial charge in [-0.3, -0.25) is 0 Å². The van der Waals surface area contributed by atoms with Crippen LogP contribution in [0.1, 0.15) is 121 Å². The van der Waals surface area contributed by atoms with Crippen molar-refractivity contribution in [2.24, 2.45) is 11.7 Å². The predicted octanol–water partition coefficient (Wildman–Crippen LogP) is 8.41. The minimum Gasteiger partial charge on any atom is -0.459 e. The van der Waals surface area contributed by atoms with E-state index in [2.05, 4.69) is 6.92 Å². The summed E-state index contributed by atoms with van der Waals surface area (Å²) >= 11 is 2.01. The van der Waals surface area contributed by atoms with Gasteiger partial charge in [0.05, 0.1) is 11.7 Å². The second-order valence-corrected chi connectivity index (χ2v) is 10.7. The molecule has 0 radical (unpaired) electrons. The smallest absolute Gasteiger partial charge is 0.338 e. The fraction of sp³-hybridized carbons (Fsp3) is 0.759. The van der Waals surface area contributed by atoms with Gasteiger partial charge in [0.25, 0.3) is 0 Å². The van der Waals surface area contributed by atoms with Gasteiger partial charge < -0.3 is 10.5 Å². The second-order valence-electron chi connectivity index (χ2n) is 9.59. The van der Waals surface area contributed by atoms with Crippen molar-refractivity contribution in [3.8, 4) is 0 Å². The third kappa shape index (κ3) is 17.1. The number of thioether (sulfide) groups is 1. The first-order valence-corrected chi connectivity index (χ1v) is 14.9. The maximum Gasteiger partial charge on any atom is 0.338 e. The van der Waals surface area contributed by atoms with Crippen LogP contribution in [0.25, 0.3) is 0 Å². The van der Waals surface area contributed by atoms with Crippen LogP contribution in [0.2, 0.25) is 0 Å². The molecule has 0 amide bonds. The van der Waals surface area contributed by atoms with Crippen LogP contribution in [0.5, 0.6) is 0 Å². The average molecular weight is 478 g/mol. The van der Waals surface area contributed by atoms with Crippen molar-refractivity contribution in [3.05, 3.63) is 35.9 Å². The van der Waals surface area contributed by atoms with E-state index in [0.717, 1.165) is 12.2 Å². The molecule has 0 fully saturated rings. The molecule has 2 N–H and O–H groups in total. The van der Waals surface area contributed by atoms with Crippen LogP contribution in [0, 0.1) is 5.92 Å². The van der Waals surface area contributed by atoms with Gasteiger partial charge in [-0.15, -0.1) is 0 Å². The summed E-state index contributed by atoms with van der Waals surface area (Å²) in [5, 5.41) is 0. The van der Waals surface area contributed by atoms with E-state index < -0.39 is 0 Å². The predicted molar refractivity (Wildman–Crippen MR) is 146 cm³/mol. The lowest BCUT2D eigenvalue weighted by atomic mass is 10.0. The van der Waals surface area contributed by atoms with E-state index in [1.54, 1.807) is 12.1 Å². The molecule has 0 spiro atoms. The fourth-order valence-corrected chi connectivity index (χ4v) is 5.40. The normalized spacial score (nSPS) is 13.1. The molecular formula is C29H51NO2S. The van der Waals surface area contributed by atoms with Crippen molar-refractivity contribution >= 4 is 17.7 Å². The zero-order valence-corrected chi connectivity index (χ0v) is 22.4. The van der Waals surface area contributed by atoms with Crippen LogP contribution in [-0.2, 0) is 4.74 Å². The van der Waals surface area contributed by atoms with Crippen molar-refractivity contribution in [2.45, 2.75) is 116 Å². The number of hydrogen-bond donors (Lipinski definition) is 1. The monoisotopic (exact) mass is 477 g/mol. The fourth-order valence-electron chi connectivity index (χ4n) is 4.22. The van der Waals surface area contributed by atoms with Gasteiger partial charge in [-0.1, -0.05) is 109 Å². The molecule has 0 aliphatic heterocycles. The molecule has 1 aromatic carbocycles. The molecule has 0 heterocycles. The number of ether oxygens (including phenoxy) is 1. The van der Waals surface area contributed by atoms with Crippen LogP contribution >= 0.6 is 11.8 Å². The third-order valence-corrected chi connectivity index (χ3v) is 7.60. The first-order chi connectivity index (χ1) is 16.2. The topological polar surface area (TPSA) is 52.3 Å². The summed E-state index contributed by atoms with van der Waals surface area (Å²) in [5.74, 6) is 2.43. The van der Waals surface area contributed by atoms with E-state index in [9.17, 15) is 4.79 Å². The Hall–Kier alpha value is -1.00.